The van der Waals surface area contributed by atoms with Gasteiger partial charge in [0.2, 0.25) is 0 Å². The molecule has 0 fully saturated rings. The predicted molar refractivity (Wildman–Crippen MR) is 102 cm³/mol. The fourth-order valence-electron chi connectivity index (χ4n) is 2.60. The molecule has 0 bridgehead atoms. The molecule has 1 amide bonds. The van der Waals surface area contributed by atoms with Crippen LogP contribution in [0.3, 0.4) is 0 Å². The first-order chi connectivity index (χ1) is 13.0. The quantitative estimate of drug-likeness (QED) is 0.535. The van der Waals surface area contributed by atoms with Gasteiger partial charge >= 0.3 is 5.97 Å². The van der Waals surface area contributed by atoms with Crippen molar-refractivity contribution in [2.24, 2.45) is 0 Å². The molecule has 1 aliphatic heterocycles. The van der Waals surface area contributed by atoms with Gasteiger partial charge in [0.1, 0.15) is 11.6 Å². The number of anilines is 2. The van der Waals surface area contributed by atoms with Gasteiger partial charge in [0.05, 0.1) is 11.3 Å². The number of fused-ring (bicyclic) bond motifs is 1. The lowest BCUT2D eigenvalue weighted by Crippen LogP contribution is -2.25. The lowest BCUT2D eigenvalue weighted by molar-refractivity contribution is -0.112. The smallest absolute Gasteiger partial charge is 0.335 e. The molecule has 0 spiro atoms. The Balaban J connectivity index is 1.69. The van der Waals surface area contributed by atoms with Gasteiger partial charge in [0.15, 0.2) is 5.13 Å². The minimum Gasteiger partial charge on any atom is -0.478 e. The molecule has 1 aromatic carbocycles. The molecular weight excluding hydrogens is 366 g/mol. The highest BCUT2D eigenvalue weighted by Gasteiger charge is 2.18. The van der Waals surface area contributed by atoms with Crippen LogP contribution >= 0.6 is 11.3 Å². The molecule has 1 aromatic heterocycles. The Morgan fingerprint density at radius 1 is 1.44 bits per heavy atom. The minimum atomic E-state index is -1.10. The summed E-state index contributed by atoms with van der Waals surface area (Å²) in [5.41, 5.74) is 1.25. The van der Waals surface area contributed by atoms with Crippen LogP contribution in [0, 0.1) is 11.3 Å². The van der Waals surface area contributed by atoms with Gasteiger partial charge in [-0.05, 0) is 25.2 Å². The molecule has 138 valence electrons. The predicted octanol–water partition coefficient (Wildman–Crippen LogP) is 2.29. The average Bonchev–Trinajstić information content (AvgIpc) is 3.04. The number of carboxylic acids is 1. The summed E-state index contributed by atoms with van der Waals surface area (Å²) in [4.78, 5) is 31.1. The summed E-state index contributed by atoms with van der Waals surface area (Å²) >= 11 is 1.50. The third-order valence-corrected chi connectivity index (χ3v) is 5.01. The largest absolute Gasteiger partial charge is 0.478 e. The summed E-state index contributed by atoms with van der Waals surface area (Å²) in [6.07, 6.45) is 2.18. The van der Waals surface area contributed by atoms with Gasteiger partial charge in [-0.1, -0.05) is 6.07 Å². The van der Waals surface area contributed by atoms with Crippen LogP contribution in [0.1, 0.15) is 20.9 Å². The summed E-state index contributed by atoms with van der Waals surface area (Å²) in [5, 5.41) is 24.3. The average molecular weight is 383 g/mol. The Kier molecular flexibility index (Phi) is 5.49. The molecular formula is C18H17N5O3S. The van der Waals surface area contributed by atoms with E-state index in [4.69, 9.17) is 5.11 Å². The zero-order valence-electron chi connectivity index (χ0n) is 14.5. The Morgan fingerprint density at radius 2 is 2.26 bits per heavy atom. The van der Waals surface area contributed by atoms with E-state index in [0.29, 0.717) is 10.8 Å². The van der Waals surface area contributed by atoms with E-state index in [1.807, 2.05) is 13.1 Å². The standard InChI is InChI=1S/C18H17N5O3S/c1-23-6-5-14-15(10-23)27-18(22-14)20-9-12(8-19)16(24)21-13-4-2-3-11(7-13)17(25)26/h2-4,7,9H,5-6,10H2,1H3,(H,20,22)(H,21,24)(H,25,26)/b12-9-. The van der Waals surface area contributed by atoms with Crippen LogP contribution in [0.4, 0.5) is 10.8 Å². The van der Waals surface area contributed by atoms with Crippen molar-refractivity contribution in [3.8, 4) is 6.07 Å². The number of nitriles is 1. The van der Waals surface area contributed by atoms with E-state index in [-0.39, 0.29) is 11.1 Å². The molecule has 3 N–H and O–H groups in total. The number of benzene rings is 1. The zero-order valence-corrected chi connectivity index (χ0v) is 15.3. The monoisotopic (exact) mass is 383 g/mol. The van der Waals surface area contributed by atoms with Crippen molar-refractivity contribution in [1.82, 2.24) is 9.88 Å². The number of carbonyl (C=O) groups excluding carboxylic acids is 1. The number of carboxylic acid groups (broad SMARTS) is 1. The number of hydrogen-bond donors (Lipinski definition) is 3. The van der Waals surface area contributed by atoms with Crippen LogP contribution in [-0.4, -0.2) is 40.5 Å². The molecule has 0 radical (unpaired) electrons. The summed E-state index contributed by atoms with van der Waals surface area (Å²) in [6, 6.07) is 7.66. The second-order valence-electron chi connectivity index (χ2n) is 6.03. The van der Waals surface area contributed by atoms with Crippen molar-refractivity contribution in [2.45, 2.75) is 13.0 Å². The van der Waals surface area contributed by atoms with Crippen LogP contribution < -0.4 is 10.6 Å². The molecule has 2 heterocycles. The van der Waals surface area contributed by atoms with Crippen LogP contribution in [0.5, 0.6) is 0 Å². The zero-order chi connectivity index (χ0) is 19.4. The summed E-state index contributed by atoms with van der Waals surface area (Å²) in [6.45, 7) is 1.79. The van der Waals surface area contributed by atoms with E-state index in [0.717, 1.165) is 25.2 Å². The maximum atomic E-state index is 12.3. The molecule has 0 unspecified atom stereocenters. The molecule has 2 aromatic rings. The number of thiazole rings is 1. The van der Waals surface area contributed by atoms with Crippen LogP contribution in [0.15, 0.2) is 36.0 Å². The normalized spacial score (nSPS) is 14.1. The van der Waals surface area contributed by atoms with E-state index in [1.54, 1.807) is 6.07 Å². The maximum Gasteiger partial charge on any atom is 0.335 e. The number of aromatic nitrogens is 1. The van der Waals surface area contributed by atoms with Crippen molar-refractivity contribution >= 4 is 34.0 Å². The lowest BCUT2D eigenvalue weighted by Gasteiger charge is -2.20. The van der Waals surface area contributed by atoms with Crippen LogP contribution in [0.25, 0.3) is 0 Å². The fraction of sp³-hybridized carbons (Fsp3) is 0.222. The van der Waals surface area contributed by atoms with E-state index >= 15 is 0 Å². The maximum absolute atomic E-state index is 12.3. The first kappa shape index (κ1) is 18.6. The SMILES string of the molecule is CN1CCc2nc(N/C=C(/C#N)C(=O)Nc3cccc(C(=O)O)c3)sc2C1. The number of likely N-dealkylation sites (N-methyl/N-ethyl adjacent to an activating group) is 1. The van der Waals surface area contributed by atoms with E-state index in [1.165, 1.54) is 40.6 Å². The second kappa shape index (κ2) is 7.99. The lowest BCUT2D eigenvalue weighted by atomic mass is 10.2. The van der Waals surface area contributed by atoms with Gasteiger partial charge in [-0.15, -0.1) is 11.3 Å². The van der Waals surface area contributed by atoms with Gasteiger partial charge < -0.3 is 20.6 Å². The van der Waals surface area contributed by atoms with Crippen molar-refractivity contribution in [3.05, 3.63) is 52.2 Å². The topological polar surface area (TPSA) is 118 Å². The Bertz CT molecular complexity index is 960. The first-order valence-corrected chi connectivity index (χ1v) is 8.96. The summed E-state index contributed by atoms with van der Waals surface area (Å²) in [7, 11) is 2.05. The molecule has 0 atom stereocenters. The number of nitrogens with zero attached hydrogens (tertiary/aromatic N) is 3. The van der Waals surface area contributed by atoms with Crippen LogP contribution in [-0.2, 0) is 17.8 Å². The Morgan fingerprint density at radius 3 is 3.00 bits per heavy atom. The van der Waals surface area contributed by atoms with E-state index < -0.39 is 11.9 Å². The number of hydrogen-bond acceptors (Lipinski definition) is 7. The molecule has 9 heteroatoms. The van der Waals surface area contributed by atoms with Crippen molar-refractivity contribution in [3.63, 3.8) is 0 Å². The van der Waals surface area contributed by atoms with Gasteiger partial charge in [-0.2, -0.15) is 5.26 Å². The minimum absolute atomic E-state index is 0.0479. The third-order valence-electron chi connectivity index (χ3n) is 3.99. The van der Waals surface area contributed by atoms with Gasteiger partial charge in [-0.3, -0.25) is 4.79 Å². The molecule has 0 saturated carbocycles. The van der Waals surface area contributed by atoms with Gasteiger partial charge in [0, 0.05) is 36.3 Å². The van der Waals surface area contributed by atoms with Gasteiger partial charge in [0.25, 0.3) is 5.91 Å². The summed E-state index contributed by atoms with van der Waals surface area (Å²) < 4.78 is 0. The number of nitrogens with one attached hydrogen (secondary N) is 2. The number of carbonyl (C=O) groups is 2. The Labute approximate surface area is 159 Å². The highest BCUT2D eigenvalue weighted by atomic mass is 32.1. The molecule has 3 rings (SSSR count). The fourth-order valence-corrected chi connectivity index (χ4v) is 3.65. The highest BCUT2D eigenvalue weighted by Crippen LogP contribution is 2.27. The number of aromatic carboxylic acids is 1. The molecule has 0 saturated heterocycles. The Hall–Kier alpha value is -3.22. The molecule has 0 aliphatic carbocycles. The van der Waals surface area contributed by atoms with Crippen molar-refractivity contribution < 1.29 is 14.7 Å². The van der Waals surface area contributed by atoms with Gasteiger partial charge in [-0.25, -0.2) is 9.78 Å². The van der Waals surface area contributed by atoms with E-state index in [9.17, 15) is 14.9 Å². The van der Waals surface area contributed by atoms with Crippen LogP contribution in [0.2, 0.25) is 0 Å². The number of rotatable bonds is 5. The highest BCUT2D eigenvalue weighted by molar-refractivity contribution is 7.15. The molecule has 1 aliphatic rings. The number of amides is 1. The van der Waals surface area contributed by atoms with Crippen molar-refractivity contribution in [1.29, 1.82) is 5.26 Å². The summed E-state index contributed by atoms with van der Waals surface area (Å²) in [5.74, 6) is -1.73. The molecule has 27 heavy (non-hydrogen) atoms. The third kappa shape index (κ3) is 4.49. The molecule has 8 nitrogen and oxygen atoms in total. The first-order valence-electron chi connectivity index (χ1n) is 8.15. The van der Waals surface area contributed by atoms with E-state index in [2.05, 4.69) is 20.5 Å². The van der Waals surface area contributed by atoms with Crippen molar-refractivity contribution in [2.75, 3.05) is 24.2 Å². The second-order valence-corrected chi connectivity index (χ2v) is 7.11.